The Morgan fingerprint density at radius 3 is 2.47 bits per heavy atom. The van der Waals surface area contributed by atoms with Gasteiger partial charge in [-0.1, -0.05) is 12.1 Å². The first kappa shape index (κ1) is 11.9. The van der Waals surface area contributed by atoms with Crippen LogP contribution in [0.3, 0.4) is 0 Å². The van der Waals surface area contributed by atoms with Gasteiger partial charge in [-0.25, -0.2) is 0 Å². The Kier molecular flexibility index (Phi) is 3.07. The standard InChI is InChI=1S/C13H17NO3/c1-14(12(15)13(16)7-8-13)9-10-3-5-11(17-2)6-4-10/h3-6,16H,7-9H2,1-2H3. The maximum absolute atomic E-state index is 11.8. The van der Waals surface area contributed by atoms with Crippen LogP contribution in [0.25, 0.3) is 0 Å². The minimum Gasteiger partial charge on any atom is -0.497 e. The number of methoxy groups -OCH3 is 1. The van der Waals surface area contributed by atoms with E-state index in [1.165, 1.54) is 0 Å². The molecule has 0 heterocycles. The van der Waals surface area contributed by atoms with Crippen LogP contribution in [-0.4, -0.2) is 35.7 Å². The van der Waals surface area contributed by atoms with Gasteiger partial charge in [-0.05, 0) is 30.5 Å². The number of benzene rings is 1. The highest BCUT2D eigenvalue weighted by Crippen LogP contribution is 2.36. The maximum atomic E-state index is 11.8. The predicted molar refractivity (Wildman–Crippen MR) is 63.7 cm³/mol. The van der Waals surface area contributed by atoms with Gasteiger partial charge in [0, 0.05) is 13.6 Å². The van der Waals surface area contributed by atoms with Crippen molar-refractivity contribution in [1.29, 1.82) is 0 Å². The minimum absolute atomic E-state index is 0.187. The van der Waals surface area contributed by atoms with Gasteiger partial charge in [0.15, 0.2) is 0 Å². The van der Waals surface area contributed by atoms with Crippen molar-refractivity contribution in [3.63, 3.8) is 0 Å². The van der Waals surface area contributed by atoms with Crippen molar-refractivity contribution in [2.24, 2.45) is 0 Å². The molecule has 0 atom stereocenters. The largest absolute Gasteiger partial charge is 0.497 e. The molecule has 4 heteroatoms. The first-order valence-corrected chi connectivity index (χ1v) is 5.66. The molecular weight excluding hydrogens is 218 g/mol. The normalized spacial score (nSPS) is 16.4. The number of aliphatic hydroxyl groups is 1. The highest BCUT2D eigenvalue weighted by molar-refractivity contribution is 5.87. The number of hydrogen-bond acceptors (Lipinski definition) is 3. The van der Waals surface area contributed by atoms with Gasteiger partial charge >= 0.3 is 0 Å². The summed E-state index contributed by atoms with van der Waals surface area (Å²) in [6.45, 7) is 0.505. The predicted octanol–water partition coefficient (Wildman–Crippen LogP) is 1.18. The van der Waals surface area contributed by atoms with E-state index in [-0.39, 0.29) is 5.91 Å². The molecule has 1 aliphatic carbocycles. The second-order valence-electron chi connectivity index (χ2n) is 4.54. The van der Waals surface area contributed by atoms with Gasteiger partial charge in [-0.15, -0.1) is 0 Å². The fourth-order valence-electron chi connectivity index (χ4n) is 1.76. The van der Waals surface area contributed by atoms with E-state index in [1.54, 1.807) is 19.1 Å². The van der Waals surface area contributed by atoms with E-state index in [0.29, 0.717) is 19.4 Å². The maximum Gasteiger partial charge on any atom is 0.254 e. The van der Waals surface area contributed by atoms with E-state index in [1.807, 2.05) is 24.3 Å². The Hall–Kier alpha value is -1.55. The van der Waals surface area contributed by atoms with Crippen molar-refractivity contribution < 1.29 is 14.6 Å². The summed E-state index contributed by atoms with van der Waals surface area (Å²) in [4.78, 5) is 13.4. The molecule has 0 spiro atoms. The van der Waals surface area contributed by atoms with E-state index >= 15 is 0 Å². The fraction of sp³-hybridized carbons (Fsp3) is 0.462. The smallest absolute Gasteiger partial charge is 0.254 e. The zero-order valence-electron chi connectivity index (χ0n) is 10.1. The average molecular weight is 235 g/mol. The number of amides is 1. The SMILES string of the molecule is COc1ccc(CN(C)C(=O)C2(O)CC2)cc1. The quantitative estimate of drug-likeness (QED) is 0.852. The highest BCUT2D eigenvalue weighted by atomic mass is 16.5. The minimum atomic E-state index is -1.08. The molecule has 1 fully saturated rings. The van der Waals surface area contributed by atoms with Crippen LogP contribution >= 0.6 is 0 Å². The fourth-order valence-corrected chi connectivity index (χ4v) is 1.76. The van der Waals surface area contributed by atoms with Crippen molar-refractivity contribution in [3.8, 4) is 5.75 Å². The summed E-state index contributed by atoms with van der Waals surface area (Å²) < 4.78 is 5.07. The summed E-state index contributed by atoms with van der Waals surface area (Å²) in [6, 6.07) is 7.55. The Morgan fingerprint density at radius 2 is 2.00 bits per heavy atom. The van der Waals surface area contributed by atoms with Crippen molar-refractivity contribution in [3.05, 3.63) is 29.8 Å². The molecule has 0 unspecified atom stereocenters. The van der Waals surface area contributed by atoms with Crippen molar-refractivity contribution in [1.82, 2.24) is 4.90 Å². The molecule has 0 bridgehead atoms. The number of carbonyl (C=O) groups is 1. The third-order valence-electron chi connectivity index (χ3n) is 3.05. The lowest BCUT2D eigenvalue weighted by Gasteiger charge is -2.20. The lowest BCUT2D eigenvalue weighted by molar-refractivity contribution is -0.141. The molecule has 1 N–H and O–H groups in total. The first-order chi connectivity index (χ1) is 8.05. The highest BCUT2D eigenvalue weighted by Gasteiger charge is 2.49. The number of carbonyl (C=O) groups excluding carboxylic acids is 1. The van der Waals surface area contributed by atoms with Crippen LogP contribution in [0.1, 0.15) is 18.4 Å². The number of rotatable bonds is 4. The number of likely N-dealkylation sites (N-methyl/N-ethyl adjacent to an activating group) is 1. The van der Waals surface area contributed by atoms with Crippen molar-refractivity contribution >= 4 is 5.91 Å². The topological polar surface area (TPSA) is 49.8 Å². The molecule has 0 radical (unpaired) electrons. The van der Waals surface area contributed by atoms with Crippen LogP contribution in [0.5, 0.6) is 5.75 Å². The molecule has 92 valence electrons. The zero-order valence-corrected chi connectivity index (χ0v) is 10.1. The monoisotopic (exact) mass is 235 g/mol. The Bertz CT molecular complexity index is 409. The van der Waals surface area contributed by atoms with Gasteiger partial charge in [0.25, 0.3) is 5.91 Å². The molecule has 0 aromatic heterocycles. The molecule has 0 saturated heterocycles. The average Bonchev–Trinajstić information content (AvgIpc) is 3.08. The van der Waals surface area contributed by atoms with Gasteiger partial charge < -0.3 is 14.7 Å². The van der Waals surface area contributed by atoms with Crippen molar-refractivity contribution in [2.45, 2.75) is 25.0 Å². The van der Waals surface area contributed by atoms with E-state index in [4.69, 9.17) is 4.74 Å². The summed E-state index contributed by atoms with van der Waals surface area (Å²) >= 11 is 0. The molecule has 17 heavy (non-hydrogen) atoms. The molecule has 1 amide bonds. The van der Waals surface area contributed by atoms with Gasteiger partial charge in [0.1, 0.15) is 11.4 Å². The molecule has 1 aromatic rings. The molecule has 1 aliphatic rings. The van der Waals surface area contributed by atoms with Gasteiger partial charge in [-0.3, -0.25) is 4.79 Å². The molecule has 0 aliphatic heterocycles. The number of ether oxygens (including phenoxy) is 1. The molecule has 1 aromatic carbocycles. The van der Waals surface area contributed by atoms with Crippen LogP contribution in [0, 0.1) is 0 Å². The summed E-state index contributed by atoms with van der Waals surface area (Å²) in [7, 11) is 3.33. The van der Waals surface area contributed by atoms with E-state index in [9.17, 15) is 9.90 Å². The molecule has 1 saturated carbocycles. The summed E-state index contributed by atoms with van der Waals surface area (Å²) in [5.74, 6) is 0.608. The third-order valence-corrected chi connectivity index (χ3v) is 3.05. The van der Waals surface area contributed by atoms with Crippen LogP contribution in [0.4, 0.5) is 0 Å². The van der Waals surface area contributed by atoms with Crippen LogP contribution in [-0.2, 0) is 11.3 Å². The number of hydrogen-bond donors (Lipinski definition) is 1. The molecule has 4 nitrogen and oxygen atoms in total. The summed E-state index contributed by atoms with van der Waals surface area (Å²) in [5.41, 5.74) is -0.0628. The van der Waals surface area contributed by atoms with Gasteiger partial charge in [0.05, 0.1) is 7.11 Å². The summed E-state index contributed by atoms with van der Waals surface area (Å²) in [5, 5.41) is 9.72. The van der Waals surface area contributed by atoms with E-state index in [2.05, 4.69) is 0 Å². The van der Waals surface area contributed by atoms with Crippen LogP contribution in [0.15, 0.2) is 24.3 Å². The van der Waals surface area contributed by atoms with Gasteiger partial charge in [-0.2, -0.15) is 0 Å². The van der Waals surface area contributed by atoms with Crippen LogP contribution in [0.2, 0.25) is 0 Å². The number of nitrogens with zero attached hydrogens (tertiary/aromatic N) is 1. The lowest BCUT2D eigenvalue weighted by atomic mass is 10.2. The lowest BCUT2D eigenvalue weighted by Crippen LogP contribution is -2.37. The van der Waals surface area contributed by atoms with E-state index in [0.717, 1.165) is 11.3 Å². The second-order valence-corrected chi connectivity index (χ2v) is 4.54. The molecular formula is C13H17NO3. The Labute approximate surface area is 101 Å². The van der Waals surface area contributed by atoms with Crippen LogP contribution < -0.4 is 4.74 Å². The Balaban J connectivity index is 1.97. The van der Waals surface area contributed by atoms with E-state index < -0.39 is 5.60 Å². The zero-order chi connectivity index (χ0) is 12.5. The third kappa shape index (κ3) is 2.58. The molecule has 2 rings (SSSR count). The summed E-state index contributed by atoms with van der Waals surface area (Å²) in [6.07, 6.45) is 1.16. The second kappa shape index (κ2) is 4.37. The Morgan fingerprint density at radius 1 is 1.41 bits per heavy atom. The van der Waals surface area contributed by atoms with Gasteiger partial charge in [0.2, 0.25) is 0 Å². The van der Waals surface area contributed by atoms with Crippen molar-refractivity contribution in [2.75, 3.05) is 14.2 Å². The first-order valence-electron chi connectivity index (χ1n) is 5.66.